The number of rotatable bonds is 1. The van der Waals surface area contributed by atoms with Crippen LogP contribution >= 0.6 is 0 Å². The minimum absolute atomic E-state index is 0.00525. The summed E-state index contributed by atoms with van der Waals surface area (Å²) in [4.78, 5) is 12.5. The van der Waals surface area contributed by atoms with E-state index in [0.717, 1.165) is 18.4 Å². The predicted molar refractivity (Wildman–Crippen MR) is 65.3 cm³/mol. The standard InChI is InChI=1S/C15H18O4/c1-8-6-9-10(11(8)16)12(2)13(4-5-13)14(7-18-14)15(9,17-3)19-12/h6,9-10H,4-5,7H2,1-3H3/t9?,10?,12-,14+,15+/m0/s1. The van der Waals surface area contributed by atoms with E-state index in [1.54, 1.807) is 7.11 Å². The molecule has 3 heterocycles. The number of Topliss-reactive ketones (excluding diaryl/α,β-unsaturated/α-hetero) is 1. The Morgan fingerprint density at radius 3 is 2.63 bits per heavy atom. The van der Waals surface area contributed by atoms with Gasteiger partial charge >= 0.3 is 0 Å². The van der Waals surface area contributed by atoms with Gasteiger partial charge in [0.1, 0.15) is 0 Å². The van der Waals surface area contributed by atoms with E-state index < -0.39 is 11.4 Å². The summed E-state index contributed by atoms with van der Waals surface area (Å²) in [6.07, 6.45) is 4.23. The second-order valence-electron chi connectivity index (χ2n) is 7.00. The third kappa shape index (κ3) is 0.753. The quantitative estimate of drug-likeness (QED) is 0.671. The van der Waals surface area contributed by atoms with Crippen molar-refractivity contribution in [3.63, 3.8) is 0 Å². The van der Waals surface area contributed by atoms with Gasteiger partial charge in [-0.3, -0.25) is 4.79 Å². The highest BCUT2D eigenvalue weighted by Gasteiger charge is 2.96. The number of carbonyl (C=O) groups is 1. The van der Waals surface area contributed by atoms with Crippen LogP contribution in [0.25, 0.3) is 0 Å². The Balaban J connectivity index is 1.79. The first-order chi connectivity index (χ1) is 8.98. The van der Waals surface area contributed by atoms with Gasteiger partial charge in [-0.15, -0.1) is 0 Å². The van der Waals surface area contributed by atoms with E-state index in [0.29, 0.717) is 6.61 Å². The minimum atomic E-state index is -0.740. The van der Waals surface area contributed by atoms with Crippen molar-refractivity contribution in [3.05, 3.63) is 11.6 Å². The van der Waals surface area contributed by atoms with Crippen LogP contribution in [0.4, 0.5) is 0 Å². The van der Waals surface area contributed by atoms with Crippen molar-refractivity contribution in [2.24, 2.45) is 17.3 Å². The maximum absolute atomic E-state index is 12.5. The summed E-state index contributed by atoms with van der Waals surface area (Å²) in [6.45, 7) is 4.73. The van der Waals surface area contributed by atoms with Crippen molar-refractivity contribution in [2.45, 2.75) is 43.7 Å². The Bertz CT molecular complexity index is 556. The van der Waals surface area contributed by atoms with Crippen molar-refractivity contribution in [2.75, 3.05) is 13.7 Å². The molecule has 4 fully saturated rings. The summed E-state index contributed by atoms with van der Waals surface area (Å²) in [6, 6.07) is 0. The number of ketones is 1. The summed E-state index contributed by atoms with van der Waals surface area (Å²) in [5.74, 6) is -0.558. The van der Waals surface area contributed by atoms with Gasteiger partial charge in [-0.1, -0.05) is 6.08 Å². The van der Waals surface area contributed by atoms with Gasteiger partial charge in [0.15, 0.2) is 11.4 Å². The van der Waals surface area contributed by atoms with Gasteiger partial charge in [0.25, 0.3) is 0 Å². The van der Waals surface area contributed by atoms with Gasteiger partial charge < -0.3 is 14.2 Å². The second-order valence-corrected chi connectivity index (χ2v) is 7.00. The van der Waals surface area contributed by atoms with Crippen LogP contribution < -0.4 is 0 Å². The third-order valence-electron chi connectivity index (χ3n) is 6.63. The summed E-state index contributed by atoms with van der Waals surface area (Å²) in [5, 5.41) is 0. The molecule has 5 aliphatic rings. The molecular formula is C15H18O4. The highest BCUT2D eigenvalue weighted by atomic mass is 16.8. The normalized spacial score (nSPS) is 58.9. The molecular weight excluding hydrogens is 244 g/mol. The molecule has 2 unspecified atom stereocenters. The molecule has 0 aromatic rings. The molecule has 19 heavy (non-hydrogen) atoms. The highest BCUT2D eigenvalue weighted by Crippen LogP contribution is 2.84. The fourth-order valence-electron chi connectivity index (χ4n) is 5.62. The fourth-order valence-corrected chi connectivity index (χ4v) is 5.62. The first kappa shape index (κ1) is 11.0. The Hall–Kier alpha value is -0.710. The lowest BCUT2D eigenvalue weighted by Gasteiger charge is -2.42. The molecule has 0 aromatic heterocycles. The summed E-state index contributed by atoms with van der Waals surface area (Å²) >= 11 is 0. The molecule has 0 radical (unpaired) electrons. The Morgan fingerprint density at radius 2 is 2.11 bits per heavy atom. The monoisotopic (exact) mass is 262 g/mol. The number of hydrogen-bond donors (Lipinski definition) is 0. The van der Waals surface area contributed by atoms with E-state index in [-0.39, 0.29) is 28.6 Å². The molecule has 5 atom stereocenters. The minimum Gasteiger partial charge on any atom is -0.363 e. The fraction of sp³-hybridized carbons (Fsp3) is 0.800. The number of ether oxygens (including phenoxy) is 3. The van der Waals surface area contributed by atoms with Crippen LogP contribution in [0.1, 0.15) is 26.7 Å². The number of carbonyl (C=O) groups excluding carboxylic acids is 1. The van der Waals surface area contributed by atoms with Gasteiger partial charge in [-0.25, -0.2) is 0 Å². The van der Waals surface area contributed by atoms with Gasteiger partial charge in [0.2, 0.25) is 5.79 Å². The smallest absolute Gasteiger partial charge is 0.208 e. The summed E-state index contributed by atoms with van der Waals surface area (Å²) in [7, 11) is 1.69. The zero-order chi connectivity index (χ0) is 13.3. The van der Waals surface area contributed by atoms with Gasteiger partial charge in [0.05, 0.1) is 18.1 Å². The van der Waals surface area contributed by atoms with E-state index in [2.05, 4.69) is 13.0 Å². The zero-order valence-electron chi connectivity index (χ0n) is 11.5. The van der Waals surface area contributed by atoms with Crippen LogP contribution in [0, 0.1) is 17.3 Å². The van der Waals surface area contributed by atoms with Crippen molar-refractivity contribution < 1.29 is 19.0 Å². The molecule has 2 spiro atoms. The van der Waals surface area contributed by atoms with E-state index in [4.69, 9.17) is 14.2 Å². The maximum Gasteiger partial charge on any atom is 0.208 e. The second kappa shape index (κ2) is 2.57. The molecule has 4 heteroatoms. The van der Waals surface area contributed by atoms with Crippen LogP contribution in [-0.2, 0) is 19.0 Å². The molecule has 0 N–H and O–H groups in total. The van der Waals surface area contributed by atoms with Crippen LogP contribution in [0.5, 0.6) is 0 Å². The van der Waals surface area contributed by atoms with E-state index in [9.17, 15) is 4.79 Å². The molecule has 0 aromatic carbocycles. The first-order valence-corrected chi connectivity index (χ1v) is 7.10. The average Bonchev–Trinajstić information content (AvgIpc) is 3.23. The topological polar surface area (TPSA) is 48.1 Å². The van der Waals surface area contributed by atoms with Gasteiger partial charge in [0, 0.05) is 18.4 Å². The average molecular weight is 262 g/mol. The van der Waals surface area contributed by atoms with Crippen LogP contribution in [0.2, 0.25) is 0 Å². The third-order valence-corrected chi connectivity index (χ3v) is 6.63. The van der Waals surface area contributed by atoms with E-state index in [1.807, 2.05) is 6.92 Å². The number of epoxide rings is 1. The molecule has 102 valence electrons. The lowest BCUT2D eigenvalue weighted by molar-refractivity contribution is -0.233. The Kier molecular flexibility index (Phi) is 1.49. The molecule has 3 aliphatic heterocycles. The van der Waals surface area contributed by atoms with Crippen LogP contribution in [0.15, 0.2) is 11.6 Å². The largest absolute Gasteiger partial charge is 0.363 e. The van der Waals surface area contributed by atoms with Crippen LogP contribution in [-0.4, -0.2) is 36.5 Å². The molecule has 2 bridgehead atoms. The molecule has 5 rings (SSSR count). The Labute approximate surface area is 112 Å². The number of methoxy groups -OCH3 is 1. The van der Waals surface area contributed by atoms with Crippen molar-refractivity contribution in [1.82, 2.24) is 0 Å². The number of allylic oxidation sites excluding steroid dienone is 1. The predicted octanol–water partition coefficient (Wildman–Crippen LogP) is 1.44. The summed E-state index contributed by atoms with van der Waals surface area (Å²) in [5.41, 5.74) is 0.145. The van der Waals surface area contributed by atoms with Gasteiger partial charge in [-0.05, 0) is 32.3 Å². The van der Waals surface area contributed by atoms with Crippen molar-refractivity contribution in [3.8, 4) is 0 Å². The van der Waals surface area contributed by atoms with Gasteiger partial charge in [-0.2, -0.15) is 0 Å². The van der Waals surface area contributed by atoms with Crippen molar-refractivity contribution >= 4 is 5.78 Å². The van der Waals surface area contributed by atoms with E-state index >= 15 is 0 Å². The Morgan fingerprint density at radius 1 is 1.42 bits per heavy atom. The SMILES string of the molecule is CO[C@@]12O[C@@](C)(C3C(=O)C(C)=CC31)C1(CC1)[C@]21CO1. The molecule has 1 saturated carbocycles. The van der Waals surface area contributed by atoms with Crippen molar-refractivity contribution in [1.29, 1.82) is 0 Å². The molecule has 3 saturated heterocycles. The number of hydrogen-bond acceptors (Lipinski definition) is 4. The van der Waals surface area contributed by atoms with Crippen LogP contribution in [0.3, 0.4) is 0 Å². The van der Waals surface area contributed by atoms with E-state index in [1.165, 1.54) is 0 Å². The highest BCUT2D eigenvalue weighted by molar-refractivity contribution is 6.01. The first-order valence-electron chi connectivity index (χ1n) is 7.10. The maximum atomic E-state index is 12.5. The lowest BCUT2D eigenvalue weighted by Crippen LogP contribution is -2.59. The molecule has 0 amide bonds. The zero-order valence-corrected chi connectivity index (χ0v) is 11.5. The number of fused-ring (bicyclic) bond motifs is 8. The lowest BCUT2D eigenvalue weighted by atomic mass is 9.59. The summed E-state index contributed by atoms with van der Waals surface area (Å²) < 4.78 is 18.2. The molecule has 4 nitrogen and oxygen atoms in total. The molecule has 2 aliphatic carbocycles.